The number of rotatable bonds is 22. The van der Waals surface area contributed by atoms with Gasteiger partial charge in [0, 0.05) is 23.4 Å². The van der Waals surface area contributed by atoms with Gasteiger partial charge in [-0.05, 0) is 48.9 Å². The molecule has 0 aliphatic carbocycles. The minimum Gasteiger partial charge on any atom is -0.478 e. The van der Waals surface area contributed by atoms with Crippen molar-refractivity contribution in [1.82, 2.24) is 5.32 Å². The molecule has 2 aromatic carbocycles. The number of carbonyl (C=O) groups is 4. The van der Waals surface area contributed by atoms with Gasteiger partial charge in [0.2, 0.25) is 11.8 Å². The van der Waals surface area contributed by atoms with E-state index < -0.39 is 17.8 Å². The van der Waals surface area contributed by atoms with Gasteiger partial charge in [0.05, 0.1) is 12.1 Å². The number of amides is 3. The summed E-state index contributed by atoms with van der Waals surface area (Å²) in [4.78, 5) is 47.9. The van der Waals surface area contributed by atoms with E-state index in [1.165, 1.54) is 102 Å². The summed E-state index contributed by atoms with van der Waals surface area (Å²) in [6.45, 7) is 1.99. The van der Waals surface area contributed by atoms with Crippen LogP contribution in [-0.2, 0) is 9.59 Å². The normalized spacial score (nSPS) is 10.7. The smallest absolute Gasteiger partial charge is 0.335 e. The minimum absolute atomic E-state index is 0.0365. The molecule has 2 aromatic rings. The van der Waals surface area contributed by atoms with E-state index in [0.29, 0.717) is 23.4 Å². The van der Waals surface area contributed by atoms with Crippen LogP contribution in [0.1, 0.15) is 130 Å². The van der Waals surface area contributed by atoms with Gasteiger partial charge >= 0.3 is 5.97 Å². The monoisotopic (exact) mass is 579 g/mol. The summed E-state index contributed by atoms with van der Waals surface area (Å²) in [5.41, 5.74) is 1.36. The Kier molecular flexibility index (Phi) is 17.3. The predicted molar refractivity (Wildman–Crippen MR) is 169 cm³/mol. The van der Waals surface area contributed by atoms with E-state index in [4.69, 9.17) is 5.11 Å². The van der Waals surface area contributed by atoms with Crippen molar-refractivity contribution < 1.29 is 24.3 Å². The zero-order valence-electron chi connectivity index (χ0n) is 25.2. The first-order valence-corrected chi connectivity index (χ1v) is 15.7. The number of carboxylic acid groups (broad SMARTS) is 1. The van der Waals surface area contributed by atoms with Crippen LogP contribution in [-0.4, -0.2) is 35.3 Å². The molecule has 0 saturated heterocycles. The van der Waals surface area contributed by atoms with Crippen LogP contribution < -0.4 is 16.0 Å². The summed E-state index contributed by atoms with van der Waals surface area (Å²) in [5, 5.41) is 17.0. The van der Waals surface area contributed by atoms with Crippen LogP contribution in [0.2, 0.25) is 0 Å². The third-order valence-electron chi connectivity index (χ3n) is 7.24. The number of carboxylic acids is 1. The molecule has 0 aromatic heterocycles. The minimum atomic E-state index is -1.09. The Labute approximate surface area is 251 Å². The highest BCUT2D eigenvalue weighted by Gasteiger charge is 2.10. The molecule has 0 spiro atoms. The summed E-state index contributed by atoms with van der Waals surface area (Å²) >= 11 is 0. The first kappa shape index (κ1) is 34.5. The van der Waals surface area contributed by atoms with Crippen molar-refractivity contribution in [2.75, 3.05) is 17.2 Å². The van der Waals surface area contributed by atoms with Gasteiger partial charge in [-0.25, -0.2) is 4.79 Å². The largest absolute Gasteiger partial charge is 0.478 e. The van der Waals surface area contributed by atoms with Crippen LogP contribution in [0.5, 0.6) is 0 Å². The van der Waals surface area contributed by atoms with Gasteiger partial charge < -0.3 is 21.1 Å². The highest BCUT2D eigenvalue weighted by molar-refractivity contribution is 6.00. The fraction of sp³-hybridized carbons (Fsp3) is 0.529. The van der Waals surface area contributed by atoms with Crippen LogP contribution in [0.3, 0.4) is 0 Å². The summed E-state index contributed by atoms with van der Waals surface area (Å²) in [6, 6.07) is 12.4. The fourth-order valence-electron chi connectivity index (χ4n) is 4.78. The Balaban J connectivity index is 1.51. The highest BCUT2D eigenvalue weighted by atomic mass is 16.4. The fourth-order valence-corrected chi connectivity index (χ4v) is 4.78. The van der Waals surface area contributed by atoms with Gasteiger partial charge in [-0.1, -0.05) is 103 Å². The summed E-state index contributed by atoms with van der Waals surface area (Å²) in [7, 11) is 0. The van der Waals surface area contributed by atoms with Crippen molar-refractivity contribution in [3.63, 3.8) is 0 Å². The highest BCUT2D eigenvalue weighted by Crippen LogP contribution is 2.15. The summed E-state index contributed by atoms with van der Waals surface area (Å²) in [6.07, 6.45) is 19.8. The maximum atomic E-state index is 12.4. The Bertz CT molecular complexity index is 1100. The molecule has 4 N–H and O–H groups in total. The number of nitrogens with one attached hydrogen (secondary N) is 3. The second kappa shape index (κ2) is 21.1. The van der Waals surface area contributed by atoms with E-state index in [1.54, 1.807) is 30.3 Å². The van der Waals surface area contributed by atoms with E-state index in [0.717, 1.165) is 12.8 Å². The lowest BCUT2D eigenvalue weighted by Crippen LogP contribution is -2.32. The maximum absolute atomic E-state index is 12.4. The van der Waals surface area contributed by atoms with E-state index >= 15 is 0 Å². The zero-order valence-corrected chi connectivity index (χ0v) is 25.2. The summed E-state index contributed by atoms with van der Waals surface area (Å²) < 4.78 is 0. The number of aromatic carboxylic acids is 1. The van der Waals surface area contributed by atoms with Crippen LogP contribution in [0.15, 0.2) is 48.5 Å². The zero-order chi connectivity index (χ0) is 30.4. The molecule has 8 heteroatoms. The lowest BCUT2D eigenvalue weighted by Gasteiger charge is -2.09. The molecular weight excluding hydrogens is 530 g/mol. The molecule has 0 unspecified atom stereocenters. The van der Waals surface area contributed by atoms with Crippen LogP contribution in [0, 0.1) is 0 Å². The maximum Gasteiger partial charge on any atom is 0.335 e. The molecule has 42 heavy (non-hydrogen) atoms. The average molecular weight is 580 g/mol. The van der Waals surface area contributed by atoms with Gasteiger partial charge in [-0.15, -0.1) is 0 Å². The number of anilines is 2. The molecular formula is C34H49N3O5. The Morgan fingerprint density at radius 1 is 0.595 bits per heavy atom. The average Bonchev–Trinajstić information content (AvgIpc) is 2.98. The Morgan fingerprint density at radius 2 is 1.12 bits per heavy atom. The quantitative estimate of drug-likeness (QED) is 0.105. The first-order chi connectivity index (χ1) is 20.4. The van der Waals surface area contributed by atoms with Gasteiger partial charge in [0.1, 0.15) is 0 Å². The SMILES string of the molecule is CCCCCCCCCCCCCCCCCC(=O)Nc1ccc(C(=O)NCC(=O)Nc2cccc(C(=O)O)c2)cc1. The van der Waals surface area contributed by atoms with Gasteiger partial charge in [0.15, 0.2) is 0 Å². The lowest BCUT2D eigenvalue weighted by atomic mass is 10.0. The van der Waals surface area contributed by atoms with Crippen LogP contribution in [0.4, 0.5) is 11.4 Å². The molecule has 0 heterocycles. The standard InChI is InChI=1S/C34H49N3O5/c1-2-3-4-5-6-7-8-9-10-11-12-13-14-15-16-20-31(38)36-29-23-21-27(22-24-29)33(40)35-26-32(39)37-30-19-17-18-28(25-30)34(41)42/h17-19,21-25H,2-16,20,26H2,1H3,(H,35,40)(H,36,38)(H,37,39)(H,41,42). The lowest BCUT2D eigenvalue weighted by molar-refractivity contribution is -0.116. The number of benzene rings is 2. The molecule has 0 radical (unpaired) electrons. The van der Waals surface area contributed by atoms with Gasteiger partial charge in [-0.3, -0.25) is 14.4 Å². The number of carbonyl (C=O) groups excluding carboxylic acids is 3. The molecule has 230 valence electrons. The van der Waals surface area contributed by atoms with E-state index in [1.807, 2.05) is 0 Å². The Hall–Kier alpha value is -3.68. The van der Waals surface area contributed by atoms with E-state index in [9.17, 15) is 19.2 Å². The number of hydrogen-bond acceptors (Lipinski definition) is 4. The van der Waals surface area contributed by atoms with Crippen LogP contribution in [0.25, 0.3) is 0 Å². The van der Waals surface area contributed by atoms with Crippen molar-refractivity contribution in [2.45, 2.75) is 110 Å². The number of unbranched alkanes of at least 4 members (excludes halogenated alkanes) is 14. The number of hydrogen-bond donors (Lipinski definition) is 4. The first-order valence-electron chi connectivity index (χ1n) is 15.7. The van der Waals surface area contributed by atoms with Crippen molar-refractivity contribution in [3.8, 4) is 0 Å². The molecule has 0 fully saturated rings. The van der Waals surface area contributed by atoms with Crippen molar-refractivity contribution in [1.29, 1.82) is 0 Å². The molecule has 8 nitrogen and oxygen atoms in total. The molecule has 2 rings (SSSR count). The molecule has 0 saturated carbocycles. The van der Waals surface area contributed by atoms with Crippen molar-refractivity contribution >= 4 is 35.1 Å². The van der Waals surface area contributed by atoms with Gasteiger partial charge in [0.25, 0.3) is 5.91 Å². The van der Waals surface area contributed by atoms with Crippen LogP contribution >= 0.6 is 0 Å². The molecule has 0 aliphatic heterocycles. The second-order valence-electron chi connectivity index (χ2n) is 10.9. The summed E-state index contributed by atoms with van der Waals surface area (Å²) in [5.74, 6) is -2.04. The third kappa shape index (κ3) is 15.4. The molecule has 0 bridgehead atoms. The van der Waals surface area contributed by atoms with Gasteiger partial charge in [-0.2, -0.15) is 0 Å². The topological polar surface area (TPSA) is 125 Å². The molecule has 0 aliphatic rings. The van der Waals surface area contributed by atoms with Crippen molar-refractivity contribution in [3.05, 3.63) is 59.7 Å². The third-order valence-corrected chi connectivity index (χ3v) is 7.24. The molecule has 3 amide bonds. The predicted octanol–water partition coefficient (Wildman–Crippen LogP) is 7.95. The molecule has 0 atom stereocenters. The van der Waals surface area contributed by atoms with E-state index in [2.05, 4.69) is 22.9 Å². The van der Waals surface area contributed by atoms with Crippen molar-refractivity contribution in [2.24, 2.45) is 0 Å². The second-order valence-corrected chi connectivity index (χ2v) is 10.9. The Morgan fingerprint density at radius 3 is 1.67 bits per heavy atom. The van der Waals surface area contributed by atoms with E-state index in [-0.39, 0.29) is 18.0 Å².